The first-order valence-electron chi connectivity index (χ1n) is 8.15. The Morgan fingerprint density at radius 2 is 1.91 bits per heavy atom. The highest BCUT2D eigenvalue weighted by molar-refractivity contribution is 7.98. The zero-order chi connectivity index (χ0) is 15.9. The summed E-state index contributed by atoms with van der Waals surface area (Å²) in [5.74, 6) is 0. The van der Waals surface area contributed by atoms with Gasteiger partial charge in [-0.25, -0.2) is 4.98 Å². The summed E-state index contributed by atoms with van der Waals surface area (Å²) in [6, 6.07) is 15.2. The van der Waals surface area contributed by atoms with Crippen LogP contribution in [-0.2, 0) is 6.42 Å². The van der Waals surface area contributed by atoms with Crippen LogP contribution >= 0.6 is 11.8 Å². The molecule has 0 amide bonds. The number of thioether (sulfide) groups is 1. The lowest BCUT2D eigenvalue weighted by atomic mass is 10.1. The van der Waals surface area contributed by atoms with Gasteiger partial charge in [0.1, 0.15) is 0 Å². The van der Waals surface area contributed by atoms with Crippen LogP contribution in [0.15, 0.2) is 53.7 Å². The molecule has 0 bridgehead atoms. The van der Waals surface area contributed by atoms with Crippen LogP contribution < -0.4 is 5.32 Å². The van der Waals surface area contributed by atoms with E-state index in [4.69, 9.17) is 0 Å². The van der Waals surface area contributed by atoms with E-state index < -0.39 is 0 Å². The zero-order valence-electron chi connectivity index (χ0n) is 13.5. The van der Waals surface area contributed by atoms with Gasteiger partial charge in [0.05, 0.1) is 17.4 Å². The van der Waals surface area contributed by atoms with E-state index in [9.17, 15) is 0 Å². The second-order valence-electron chi connectivity index (χ2n) is 5.72. The molecule has 0 saturated heterocycles. The van der Waals surface area contributed by atoms with E-state index in [2.05, 4.69) is 57.9 Å². The summed E-state index contributed by atoms with van der Waals surface area (Å²) in [5, 5.41) is 3.49. The highest BCUT2D eigenvalue weighted by Crippen LogP contribution is 2.17. The summed E-state index contributed by atoms with van der Waals surface area (Å²) < 4.78 is 0. The smallest absolute Gasteiger partial charge is 0.0931 e. The Bertz CT molecular complexity index is 734. The van der Waals surface area contributed by atoms with Crippen molar-refractivity contribution in [2.45, 2.75) is 30.6 Å². The maximum atomic E-state index is 4.24. The molecule has 3 nitrogen and oxygen atoms in total. The Labute approximate surface area is 141 Å². The third-order valence-corrected chi connectivity index (χ3v) is 4.79. The fourth-order valence-electron chi connectivity index (χ4n) is 2.70. The number of hydrogen-bond acceptors (Lipinski definition) is 3. The lowest BCUT2D eigenvalue weighted by Crippen LogP contribution is -2.01. The van der Waals surface area contributed by atoms with Crippen molar-refractivity contribution < 1.29 is 0 Å². The molecule has 120 valence electrons. The molecule has 0 aliphatic rings. The Kier molecular flexibility index (Phi) is 5.59. The highest BCUT2D eigenvalue weighted by atomic mass is 32.2. The number of aromatic nitrogens is 2. The van der Waals surface area contributed by atoms with Gasteiger partial charge in [0, 0.05) is 17.1 Å². The van der Waals surface area contributed by atoms with E-state index >= 15 is 0 Å². The fourth-order valence-corrected chi connectivity index (χ4v) is 3.11. The molecule has 0 unspecified atom stereocenters. The molecule has 23 heavy (non-hydrogen) atoms. The average Bonchev–Trinajstić information content (AvgIpc) is 3.06. The molecular weight excluding hydrogens is 302 g/mol. The fraction of sp³-hybridized carbons (Fsp3) is 0.316. The lowest BCUT2D eigenvalue weighted by Gasteiger charge is -2.07. The first kappa shape index (κ1) is 15.9. The Balaban J connectivity index is 1.34. The van der Waals surface area contributed by atoms with Gasteiger partial charge in [-0.2, -0.15) is 0 Å². The van der Waals surface area contributed by atoms with Crippen LogP contribution in [0.5, 0.6) is 0 Å². The number of nitrogens with one attached hydrogen (secondary N) is 2. The molecule has 0 aliphatic heterocycles. The predicted molar refractivity (Wildman–Crippen MR) is 100 cm³/mol. The minimum Gasteiger partial charge on any atom is -0.385 e. The van der Waals surface area contributed by atoms with Gasteiger partial charge in [-0.05, 0) is 61.4 Å². The molecule has 0 atom stereocenters. The number of aryl methyl sites for hydroxylation is 1. The minimum atomic E-state index is 1.02. The molecule has 0 aliphatic carbocycles. The molecule has 2 aromatic carbocycles. The van der Waals surface area contributed by atoms with E-state index in [0.29, 0.717) is 0 Å². The molecule has 3 rings (SSSR count). The average molecular weight is 325 g/mol. The van der Waals surface area contributed by atoms with E-state index in [1.165, 1.54) is 36.1 Å². The second kappa shape index (κ2) is 8.06. The third kappa shape index (κ3) is 4.52. The number of nitrogens with zero attached hydrogens (tertiary/aromatic N) is 1. The van der Waals surface area contributed by atoms with Gasteiger partial charge < -0.3 is 10.3 Å². The van der Waals surface area contributed by atoms with Crippen molar-refractivity contribution in [2.75, 3.05) is 18.1 Å². The van der Waals surface area contributed by atoms with Crippen molar-refractivity contribution in [1.82, 2.24) is 9.97 Å². The van der Waals surface area contributed by atoms with E-state index in [0.717, 1.165) is 23.3 Å². The predicted octanol–water partition coefficient (Wildman–Crippen LogP) is 5.11. The maximum absolute atomic E-state index is 4.24. The van der Waals surface area contributed by atoms with E-state index in [1.807, 2.05) is 6.07 Å². The topological polar surface area (TPSA) is 40.7 Å². The molecule has 1 heterocycles. The van der Waals surface area contributed by atoms with E-state index in [-0.39, 0.29) is 0 Å². The number of fused-ring (bicyclic) bond motifs is 1. The number of rotatable bonds is 8. The molecule has 0 fully saturated rings. The molecule has 0 spiro atoms. The summed E-state index contributed by atoms with van der Waals surface area (Å²) >= 11 is 1.80. The first-order chi connectivity index (χ1) is 11.3. The van der Waals surface area contributed by atoms with Crippen molar-refractivity contribution in [3.63, 3.8) is 0 Å². The van der Waals surface area contributed by atoms with Gasteiger partial charge in [-0.1, -0.05) is 18.6 Å². The molecule has 1 aromatic heterocycles. The van der Waals surface area contributed by atoms with Crippen molar-refractivity contribution in [3.8, 4) is 0 Å². The number of unbranched alkanes of at least 4 members (excludes halogenated alkanes) is 2. The number of benzene rings is 2. The summed E-state index contributed by atoms with van der Waals surface area (Å²) in [7, 11) is 0. The molecule has 0 saturated carbocycles. The van der Waals surface area contributed by atoms with Gasteiger partial charge >= 0.3 is 0 Å². The second-order valence-corrected chi connectivity index (χ2v) is 6.60. The van der Waals surface area contributed by atoms with Gasteiger partial charge in [0.25, 0.3) is 0 Å². The van der Waals surface area contributed by atoms with Crippen LogP contribution in [0.3, 0.4) is 0 Å². The van der Waals surface area contributed by atoms with E-state index in [1.54, 1.807) is 18.1 Å². The molecule has 4 heteroatoms. The zero-order valence-corrected chi connectivity index (χ0v) is 14.3. The van der Waals surface area contributed by atoms with Gasteiger partial charge in [-0.3, -0.25) is 0 Å². The summed E-state index contributed by atoms with van der Waals surface area (Å²) in [4.78, 5) is 8.72. The van der Waals surface area contributed by atoms with Crippen molar-refractivity contribution in [3.05, 3.63) is 54.4 Å². The maximum Gasteiger partial charge on any atom is 0.0931 e. The largest absolute Gasteiger partial charge is 0.385 e. The Morgan fingerprint density at radius 3 is 2.74 bits per heavy atom. The summed E-state index contributed by atoms with van der Waals surface area (Å²) in [6.07, 6.45) is 8.73. The molecular formula is C19H23N3S. The number of aromatic amines is 1. The number of hydrogen-bond donors (Lipinski definition) is 2. The number of H-pyrrole nitrogens is 1. The summed E-state index contributed by atoms with van der Waals surface area (Å²) in [5.41, 5.74) is 4.71. The SMILES string of the molecule is CSc1ccc(CCCCCNc2ccc3nc[nH]c3c2)cc1. The minimum absolute atomic E-state index is 1.02. The van der Waals surface area contributed by atoms with Crippen LogP contribution in [0, 0.1) is 0 Å². The van der Waals surface area contributed by atoms with Crippen molar-refractivity contribution in [2.24, 2.45) is 0 Å². The standard InChI is InChI=1S/C19H23N3S/c1-23-17-9-6-15(7-10-17)5-3-2-4-12-20-16-8-11-18-19(13-16)22-14-21-18/h6-11,13-14,20H,2-5,12H2,1H3,(H,21,22). The number of anilines is 1. The third-order valence-electron chi connectivity index (χ3n) is 4.05. The normalized spacial score (nSPS) is 11.0. The van der Waals surface area contributed by atoms with Gasteiger partial charge in [0.2, 0.25) is 0 Å². The highest BCUT2D eigenvalue weighted by Gasteiger charge is 1.98. The molecule has 0 radical (unpaired) electrons. The number of imidazole rings is 1. The van der Waals surface area contributed by atoms with Crippen LogP contribution in [0.1, 0.15) is 24.8 Å². The first-order valence-corrected chi connectivity index (χ1v) is 9.37. The molecule has 2 N–H and O–H groups in total. The van der Waals surface area contributed by atoms with Crippen molar-refractivity contribution in [1.29, 1.82) is 0 Å². The monoisotopic (exact) mass is 325 g/mol. The summed E-state index contributed by atoms with van der Waals surface area (Å²) in [6.45, 7) is 1.02. The Hall–Kier alpha value is -1.94. The van der Waals surface area contributed by atoms with Crippen LogP contribution in [-0.4, -0.2) is 22.8 Å². The van der Waals surface area contributed by atoms with Crippen molar-refractivity contribution >= 4 is 28.5 Å². The van der Waals surface area contributed by atoms with Crippen LogP contribution in [0.2, 0.25) is 0 Å². The van der Waals surface area contributed by atoms with Gasteiger partial charge in [-0.15, -0.1) is 11.8 Å². The quantitative estimate of drug-likeness (QED) is 0.446. The van der Waals surface area contributed by atoms with Gasteiger partial charge in [0.15, 0.2) is 0 Å². The Morgan fingerprint density at radius 1 is 1.04 bits per heavy atom. The van der Waals surface area contributed by atoms with Crippen LogP contribution in [0.25, 0.3) is 11.0 Å². The molecule has 3 aromatic rings. The lowest BCUT2D eigenvalue weighted by molar-refractivity contribution is 0.698. The van der Waals surface area contributed by atoms with Crippen LogP contribution in [0.4, 0.5) is 5.69 Å².